The largest absolute Gasteiger partial charge is 0.480 e. The fourth-order valence-electron chi connectivity index (χ4n) is 2.90. The number of pyridine rings is 1. The number of piperidine rings is 1. The van der Waals surface area contributed by atoms with Crippen molar-refractivity contribution < 1.29 is 9.53 Å². The van der Waals surface area contributed by atoms with Crippen molar-refractivity contribution in [2.24, 2.45) is 5.92 Å². The average Bonchev–Trinajstić information content (AvgIpc) is 3.08. The monoisotopic (exact) mass is 300 g/mol. The van der Waals surface area contributed by atoms with E-state index in [2.05, 4.69) is 14.5 Å². The van der Waals surface area contributed by atoms with Gasteiger partial charge in [-0.15, -0.1) is 0 Å². The molecule has 1 amide bonds. The van der Waals surface area contributed by atoms with Gasteiger partial charge in [0, 0.05) is 38.2 Å². The molecule has 2 aromatic heterocycles. The lowest BCUT2D eigenvalue weighted by molar-refractivity contribution is 0.0678. The molecule has 1 fully saturated rings. The number of ether oxygens (including phenoxy) is 1. The first-order valence-corrected chi connectivity index (χ1v) is 7.52. The molecule has 0 aliphatic carbocycles. The Morgan fingerprint density at radius 1 is 1.36 bits per heavy atom. The van der Waals surface area contributed by atoms with Crippen LogP contribution in [0.15, 0.2) is 37.1 Å². The Balaban J connectivity index is 1.60. The lowest BCUT2D eigenvalue weighted by Crippen LogP contribution is -2.39. The number of methoxy groups -OCH3 is 1. The molecule has 0 bridgehead atoms. The highest BCUT2D eigenvalue weighted by molar-refractivity contribution is 5.96. The summed E-state index contributed by atoms with van der Waals surface area (Å²) in [5.74, 6) is 0.994. The number of carbonyl (C=O) groups excluding carboxylic acids is 1. The zero-order chi connectivity index (χ0) is 15.4. The highest BCUT2D eigenvalue weighted by Gasteiger charge is 2.25. The van der Waals surface area contributed by atoms with E-state index in [4.69, 9.17) is 4.74 Å². The van der Waals surface area contributed by atoms with E-state index in [-0.39, 0.29) is 5.91 Å². The number of carbonyl (C=O) groups is 1. The molecule has 0 aromatic carbocycles. The van der Waals surface area contributed by atoms with Crippen LogP contribution in [-0.4, -0.2) is 45.5 Å². The van der Waals surface area contributed by atoms with Crippen molar-refractivity contribution in [1.82, 2.24) is 19.4 Å². The number of likely N-dealkylation sites (tertiary alicyclic amines) is 1. The maximum Gasteiger partial charge on any atom is 0.259 e. The van der Waals surface area contributed by atoms with E-state index in [0.717, 1.165) is 32.5 Å². The van der Waals surface area contributed by atoms with Crippen LogP contribution >= 0.6 is 0 Å². The third kappa shape index (κ3) is 3.10. The molecular formula is C16H20N4O2. The first kappa shape index (κ1) is 14.6. The number of hydrogen-bond acceptors (Lipinski definition) is 4. The zero-order valence-electron chi connectivity index (χ0n) is 12.7. The fourth-order valence-corrected chi connectivity index (χ4v) is 2.90. The van der Waals surface area contributed by atoms with Crippen LogP contribution in [-0.2, 0) is 6.54 Å². The first-order chi connectivity index (χ1) is 10.8. The van der Waals surface area contributed by atoms with Crippen LogP contribution in [0.4, 0.5) is 0 Å². The van der Waals surface area contributed by atoms with Crippen molar-refractivity contribution >= 4 is 5.91 Å². The summed E-state index contributed by atoms with van der Waals surface area (Å²) in [7, 11) is 1.54. The highest BCUT2D eigenvalue weighted by atomic mass is 16.5. The minimum absolute atomic E-state index is 0.00558. The van der Waals surface area contributed by atoms with Crippen LogP contribution in [0.5, 0.6) is 5.88 Å². The summed E-state index contributed by atoms with van der Waals surface area (Å²) in [5.41, 5.74) is 0.540. The van der Waals surface area contributed by atoms with Crippen molar-refractivity contribution in [3.05, 3.63) is 42.6 Å². The second-order valence-electron chi connectivity index (χ2n) is 5.56. The zero-order valence-corrected chi connectivity index (χ0v) is 12.7. The van der Waals surface area contributed by atoms with Gasteiger partial charge >= 0.3 is 0 Å². The summed E-state index contributed by atoms with van der Waals surface area (Å²) in [6, 6.07) is 3.54. The molecule has 0 unspecified atom stereocenters. The Labute approximate surface area is 129 Å². The van der Waals surface area contributed by atoms with Crippen molar-refractivity contribution in [3.63, 3.8) is 0 Å². The van der Waals surface area contributed by atoms with Gasteiger partial charge in [-0.3, -0.25) is 4.79 Å². The lowest BCUT2D eigenvalue weighted by atomic mass is 9.96. The van der Waals surface area contributed by atoms with Crippen LogP contribution in [0.1, 0.15) is 23.2 Å². The van der Waals surface area contributed by atoms with Crippen molar-refractivity contribution in [1.29, 1.82) is 0 Å². The number of rotatable bonds is 4. The Morgan fingerprint density at radius 3 is 2.86 bits per heavy atom. The van der Waals surface area contributed by atoms with Crippen molar-refractivity contribution in [2.45, 2.75) is 19.4 Å². The van der Waals surface area contributed by atoms with Gasteiger partial charge in [-0.2, -0.15) is 0 Å². The molecule has 6 heteroatoms. The molecule has 2 aromatic rings. The van der Waals surface area contributed by atoms with Gasteiger partial charge in [0.2, 0.25) is 5.88 Å². The smallest absolute Gasteiger partial charge is 0.259 e. The average molecular weight is 300 g/mol. The molecule has 116 valence electrons. The van der Waals surface area contributed by atoms with Crippen LogP contribution < -0.4 is 4.74 Å². The summed E-state index contributed by atoms with van der Waals surface area (Å²) >= 11 is 0. The van der Waals surface area contributed by atoms with Crippen LogP contribution in [0.2, 0.25) is 0 Å². The van der Waals surface area contributed by atoms with E-state index in [1.54, 1.807) is 24.5 Å². The Morgan fingerprint density at radius 2 is 2.18 bits per heavy atom. The van der Waals surface area contributed by atoms with E-state index in [1.165, 1.54) is 7.11 Å². The second kappa shape index (κ2) is 6.60. The lowest BCUT2D eigenvalue weighted by Gasteiger charge is -2.32. The third-order valence-corrected chi connectivity index (χ3v) is 4.12. The predicted octanol–water partition coefficient (Wildman–Crippen LogP) is 1.84. The van der Waals surface area contributed by atoms with Gasteiger partial charge < -0.3 is 14.2 Å². The van der Waals surface area contributed by atoms with Crippen LogP contribution in [0.25, 0.3) is 0 Å². The predicted molar refractivity (Wildman–Crippen MR) is 81.6 cm³/mol. The summed E-state index contributed by atoms with van der Waals surface area (Å²) in [4.78, 5) is 22.7. The standard InChI is InChI=1S/C16H20N4O2/c1-22-15-14(3-2-6-18-15)16(21)20-8-4-13(5-9-20)11-19-10-7-17-12-19/h2-3,6-7,10,12-13H,4-5,8-9,11H2,1H3. The first-order valence-electron chi connectivity index (χ1n) is 7.52. The molecule has 0 radical (unpaired) electrons. The Kier molecular flexibility index (Phi) is 4.37. The number of aromatic nitrogens is 3. The van der Waals surface area contributed by atoms with Gasteiger partial charge in [0.1, 0.15) is 5.56 Å². The minimum Gasteiger partial charge on any atom is -0.480 e. The van der Waals surface area contributed by atoms with Crippen molar-refractivity contribution in [3.8, 4) is 5.88 Å². The molecule has 22 heavy (non-hydrogen) atoms. The summed E-state index contributed by atoms with van der Waals surface area (Å²) in [5, 5.41) is 0. The van der Waals surface area contributed by atoms with Gasteiger partial charge in [0.05, 0.1) is 13.4 Å². The van der Waals surface area contributed by atoms with Crippen molar-refractivity contribution in [2.75, 3.05) is 20.2 Å². The number of hydrogen-bond donors (Lipinski definition) is 0. The summed E-state index contributed by atoms with van der Waals surface area (Å²) < 4.78 is 7.28. The normalized spacial score (nSPS) is 15.8. The molecule has 6 nitrogen and oxygen atoms in total. The number of imidazole rings is 1. The molecule has 0 spiro atoms. The Hall–Kier alpha value is -2.37. The van der Waals surface area contributed by atoms with Gasteiger partial charge in [-0.05, 0) is 30.9 Å². The topological polar surface area (TPSA) is 60.2 Å². The summed E-state index contributed by atoms with van der Waals surface area (Å²) in [6.07, 6.45) is 9.27. The third-order valence-electron chi connectivity index (χ3n) is 4.12. The number of nitrogens with zero attached hydrogens (tertiary/aromatic N) is 4. The molecular weight excluding hydrogens is 280 g/mol. The summed E-state index contributed by atoms with van der Waals surface area (Å²) in [6.45, 7) is 2.52. The quantitative estimate of drug-likeness (QED) is 0.864. The Bertz CT molecular complexity index is 619. The number of amides is 1. The van der Waals surface area contributed by atoms with Gasteiger partial charge in [-0.25, -0.2) is 9.97 Å². The molecule has 1 saturated heterocycles. The molecule has 0 N–H and O–H groups in total. The highest BCUT2D eigenvalue weighted by Crippen LogP contribution is 2.23. The molecule has 1 aliphatic rings. The molecule has 3 rings (SSSR count). The maximum absolute atomic E-state index is 12.6. The van der Waals surface area contributed by atoms with Gasteiger partial charge in [-0.1, -0.05) is 0 Å². The fraction of sp³-hybridized carbons (Fsp3) is 0.438. The maximum atomic E-state index is 12.6. The van der Waals surface area contributed by atoms with Crippen LogP contribution in [0.3, 0.4) is 0 Å². The SMILES string of the molecule is COc1ncccc1C(=O)N1CCC(Cn2ccnc2)CC1. The molecule has 3 heterocycles. The molecule has 1 aliphatic heterocycles. The van der Waals surface area contributed by atoms with E-state index >= 15 is 0 Å². The van der Waals surface area contributed by atoms with E-state index in [9.17, 15) is 4.79 Å². The minimum atomic E-state index is 0.00558. The van der Waals surface area contributed by atoms with E-state index in [0.29, 0.717) is 17.4 Å². The van der Waals surface area contributed by atoms with E-state index < -0.39 is 0 Å². The van der Waals surface area contributed by atoms with Gasteiger partial charge in [0.25, 0.3) is 5.91 Å². The second-order valence-corrected chi connectivity index (χ2v) is 5.56. The van der Waals surface area contributed by atoms with E-state index in [1.807, 2.05) is 17.4 Å². The molecule has 0 saturated carbocycles. The van der Waals surface area contributed by atoms with Crippen LogP contribution in [0, 0.1) is 5.92 Å². The van der Waals surface area contributed by atoms with Gasteiger partial charge in [0.15, 0.2) is 0 Å². The molecule has 0 atom stereocenters.